The number of nitrogens with zero attached hydrogens (tertiary/aromatic N) is 4. The van der Waals surface area contributed by atoms with Gasteiger partial charge in [-0.25, -0.2) is 4.98 Å². The van der Waals surface area contributed by atoms with E-state index >= 15 is 0 Å². The van der Waals surface area contributed by atoms with E-state index in [1.165, 1.54) is 11.0 Å². The van der Waals surface area contributed by atoms with E-state index in [0.29, 0.717) is 6.42 Å². The van der Waals surface area contributed by atoms with E-state index in [-0.39, 0.29) is 0 Å². The summed E-state index contributed by atoms with van der Waals surface area (Å²) < 4.78 is 6.67. The summed E-state index contributed by atoms with van der Waals surface area (Å²) in [4.78, 5) is 20.0. The lowest BCUT2D eigenvalue weighted by Gasteiger charge is -2.31. The first-order valence-corrected chi connectivity index (χ1v) is 19.7. The number of dihydropyridines is 1. The summed E-state index contributed by atoms with van der Waals surface area (Å²) in [7, 11) is 0. The highest BCUT2D eigenvalue weighted by atomic mass is 16.3. The Hall–Kier alpha value is -7.50. The molecule has 1 aliphatic rings. The molecule has 0 saturated carbocycles. The van der Waals surface area contributed by atoms with E-state index in [4.69, 9.17) is 19.4 Å². The Morgan fingerprint density at radius 3 is 2.02 bits per heavy atom. The number of pyridine rings is 3. The first-order valence-electron chi connectivity index (χ1n) is 19.7. The number of fused-ring (bicyclic) bond motifs is 6. The minimum absolute atomic E-state index is 0.541. The highest BCUT2D eigenvalue weighted by Crippen LogP contribution is 2.43. The molecular weight excluding hydrogens is 709 g/mol. The van der Waals surface area contributed by atoms with Crippen LogP contribution in [0.3, 0.4) is 0 Å². The van der Waals surface area contributed by atoms with E-state index in [1.807, 2.05) is 54.9 Å². The minimum atomic E-state index is -0.541. The van der Waals surface area contributed by atoms with Crippen LogP contribution in [0.5, 0.6) is 0 Å². The molecule has 1 atom stereocenters. The van der Waals surface area contributed by atoms with Gasteiger partial charge in [0.2, 0.25) is 0 Å². The lowest BCUT2D eigenvalue weighted by Crippen LogP contribution is -2.27. The third-order valence-electron chi connectivity index (χ3n) is 11.5. The number of hydrogen-bond donors (Lipinski definition) is 0. The SMILES string of the molecule is CC1(c2ccccn2)CC(c2cccc(-c3cccc(-c4ccc5nc(-c6cccc7ccccc67)c6oc7ccccc7c6c5c4)c3)c2)=CC(c2ccccn2)=N1. The molecule has 0 amide bonds. The van der Waals surface area contributed by atoms with Crippen molar-refractivity contribution < 1.29 is 4.42 Å². The van der Waals surface area contributed by atoms with Crippen LogP contribution in [0.15, 0.2) is 198 Å². The van der Waals surface area contributed by atoms with Gasteiger partial charge < -0.3 is 4.42 Å². The van der Waals surface area contributed by atoms with Crippen molar-refractivity contribution in [2.45, 2.75) is 18.9 Å². The molecule has 5 nitrogen and oxygen atoms in total. The molecule has 1 unspecified atom stereocenters. The Morgan fingerprint density at radius 1 is 0.552 bits per heavy atom. The zero-order valence-electron chi connectivity index (χ0n) is 31.8. The summed E-state index contributed by atoms with van der Waals surface area (Å²) in [5.74, 6) is 0. The van der Waals surface area contributed by atoms with Crippen LogP contribution >= 0.6 is 0 Å². The molecule has 5 heteroatoms. The van der Waals surface area contributed by atoms with Gasteiger partial charge in [-0.2, -0.15) is 0 Å². The largest absolute Gasteiger partial charge is 0.454 e. The second-order valence-electron chi connectivity index (χ2n) is 15.2. The molecule has 0 bridgehead atoms. The summed E-state index contributed by atoms with van der Waals surface area (Å²) in [5, 5.41) is 5.57. The molecule has 58 heavy (non-hydrogen) atoms. The normalized spacial score (nSPS) is 15.5. The number of para-hydroxylation sites is 1. The van der Waals surface area contributed by atoms with Crippen LogP contribution in [0, 0.1) is 0 Å². The van der Waals surface area contributed by atoms with Crippen LogP contribution in [-0.2, 0) is 5.54 Å². The lowest BCUT2D eigenvalue weighted by molar-refractivity contribution is 0.493. The van der Waals surface area contributed by atoms with Crippen LogP contribution < -0.4 is 0 Å². The van der Waals surface area contributed by atoms with Crippen LogP contribution in [0.4, 0.5) is 0 Å². The summed E-state index contributed by atoms with van der Waals surface area (Å²) in [6.45, 7) is 2.17. The van der Waals surface area contributed by atoms with Crippen molar-refractivity contribution in [2.75, 3.05) is 0 Å². The molecule has 1 aliphatic heterocycles. The summed E-state index contributed by atoms with van der Waals surface area (Å²) >= 11 is 0. The maximum absolute atomic E-state index is 6.67. The molecule has 0 aliphatic carbocycles. The molecule has 0 saturated heterocycles. The van der Waals surface area contributed by atoms with Gasteiger partial charge in [-0.1, -0.05) is 115 Å². The summed E-state index contributed by atoms with van der Waals surface area (Å²) in [6.07, 6.45) is 6.57. The number of furan rings is 1. The van der Waals surface area contributed by atoms with Crippen LogP contribution in [0.2, 0.25) is 0 Å². The first-order chi connectivity index (χ1) is 28.6. The van der Waals surface area contributed by atoms with E-state index in [9.17, 15) is 0 Å². The smallest absolute Gasteiger partial charge is 0.162 e. The lowest BCUT2D eigenvalue weighted by atomic mass is 9.82. The van der Waals surface area contributed by atoms with Gasteiger partial charge in [-0.3, -0.25) is 15.0 Å². The van der Waals surface area contributed by atoms with Crippen LogP contribution in [-0.4, -0.2) is 20.7 Å². The van der Waals surface area contributed by atoms with E-state index in [0.717, 1.165) is 94.4 Å². The number of benzene rings is 6. The zero-order valence-corrected chi connectivity index (χ0v) is 31.8. The fourth-order valence-electron chi connectivity index (χ4n) is 8.64. The standard InChI is InChI=1S/C53H36N4O/c1-53(49-24-7-9-28-55-49)33-40(32-47(57-53)46-22-6-8-27-54-46)38-18-11-16-36(30-38)35-15-10-17-37(29-35)39-25-26-45-44(31-39)50-43-20-4-5-23-48(43)58-52(50)51(56-45)42-21-12-14-34-13-2-3-19-41(34)42/h2-32H,33H2,1H3. The van der Waals surface area contributed by atoms with Gasteiger partial charge in [-0.05, 0) is 112 Å². The van der Waals surface area contributed by atoms with Gasteiger partial charge in [-0.15, -0.1) is 0 Å². The second-order valence-corrected chi connectivity index (χ2v) is 15.2. The third kappa shape index (κ3) is 5.79. The van der Waals surface area contributed by atoms with Crippen LogP contribution in [0.1, 0.15) is 30.3 Å². The van der Waals surface area contributed by atoms with Gasteiger partial charge in [0.15, 0.2) is 5.58 Å². The first kappa shape index (κ1) is 33.8. The van der Waals surface area contributed by atoms with Gasteiger partial charge in [0.05, 0.1) is 22.6 Å². The molecule has 274 valence electrons. The zero-order chi connectivity index (χ0) is 38.6. The van der Waals surface area contributed by atoms with Gasteiger partial charge in [0.1, 0.15) is 16.8 Å². The molecule has 10 aromatic rings. The fraction of sp³-hybridized carbons (Fsp3) is 0.0566. The van der Waals surface area contributed by atoms with Crippen molar-refractivity contribution in [3.8, 4) is 33.5 Å². The molecule has 0 spiro atoms. The van der Waals surface area contributed by atoms with Crippen molar-refractivity contribution in [2.24, 2.45) is 4.99 Å². The van der Waals surface area contributed by atoms with Gasteiger partial charge in [0, 0.05) is 40.5 Å². The quantitative estimate of drug-likeness (QED) is 0.170. The summed E-state index contributed by atoms with van der Waals surface area (Å²) in [6, 6.07) is 59.5. The van der Waals surface area contributed by atoms with Crippen molar-refractivity contribution in [3.63, 3.8) is 0 Å². The van der Waals surface area contributed by atoms with Gasteiger partial charge >= 0.3 is 0 Å². The number of allylic oxidation sites excluding steroid dienone is 1. The predicted molar refractivity (Wildman–Crippen MR) is 238 cm³/mol. The average molecular weight is 745 g/mol. The number of aromatic nitrogens is 3. The average Bonchev–Trinajstić information content (AvgIpc) is 3.69. The van der Waals surface area contributed by atoms with E-state index in [1.54, 1.807) is 0 Å². The topological polar surface area (TPSA) is 64.2 Å². The van der Waals surface area contributed by atoms with Crippen molar-refractivity contribution >= 4 is 54.9 Å². The molecule has 5 heterocycles. The Bertz CT molecular complexity index is 3270. The van der Waals surface area contributed by atoms with E-state index < -0.39 is 5.54 Å². The molecule has 0 fully saturated rings. The van der Waals surface area contributed by atoms with Crippen molar-refractivity contribution in [3.05, 3.63) is 205 Å². The Labute approximate surface area is 335 Å². The third-order valence-corrected chi connectivity index (χ3v) is 11.5. The number of rotatable bonds is 6. The minimum Gasteiger partial charge on any atom is -0.454 e. The monoisotopic (exact) mass is 744 g/mol. The number of aliphatic imine (C=N–C) groups is 1. The maximum atomic E-state index is 6.67. The number of hydrogen-bond acceptors (Lipinski definition) is 5. The Morgan fingerprint density at radius 2 is 1.22 bits per heavy atom. The highest BCUT2D eigenvalue weighted by molar-refractivity contribution is 6.22. The molecule has 4 aromatic heterocycles. The van der Waals surface area contributed by atoms with Crippen molar-refractivity contribution in [1.82, 2.24) is 15.0 Å². The Balaban J connectivity index is 1.00. The van der Waals surface area contributed by atoms with Crippen molar-refractivity contribution in [1.29, 1.82) is 0 Å². The van der Waals surface area contributed by atoms with Gasteiger partial charge in [0.25, 0.3) is 0 Å². The fourth-order valence-corrected chi connectivity index (χ4v) is 8.64. The van der Waals surface area contributed by atoms with E-state index in [2.05, 4.69) is 145 Å². The maximum Gasteiger partial charge on any atom is 0.162 e. The Kier molecular flexibility index (Phi) is 7.93. The summed E-state index contributed by atoms with van der Waals surface area (Å²) in [5.41, 5.74) is 13.5. The molecule has 11 rings (SSSR count). The molecule has 6 aromatic carbocycles. The molecule has 0 N–H and O–H groups in total. The predicted octanol–water partition coefficient (Wildman–Crippen LogP) is 13.3. The molecule has 0 radical (unpaired) electrons. The van der Waals surface area contributed by atoms with Crippen LogP contribution in [0.25, 0.3) is 82.7 Å². The second kappa shape index (κ2) is 13.6. The highest BCUT2D eigenvalue weighted by Gasteiger charge is 2.33. The molecular formula is C53H36N4O.